The molecule has 3 rings (SSSR count). The van der Waals surface area contributed by atoms with Crippen LogP contribution in [0.5, 0.6) is 0 Å². The first-order chi connectivity index (χ1) is 10.0. The lowest BCUT2D eigenvalue weighted by Crippen LogP contribution is -2.47. The van der Waals surface area contributed by atoms with E-state index in [2.05, 4.69) is 31.0 Å². The Morgan fingerprint density at radius 2 is 1.76 bits per heavy atom. The van der Waals surface area contributed by atoms with Gasteiger partial charge in [0.05, 0.1) is 11.7 Å². The Bertz CT molecular complexity index is 381. The average molecular weight is 292 g/mol. The number of hydrogen-bond donors (Lipinski definition) is 1. The molecule has 0 radical (unpaired) electrons. The molecule has 1 saturated heterocycles. The third-order valence-electron chi connectivity index (χ3n) is 5.96. The minimum atomic E-state index is -0.196. The number of rotatable bonds is 4. The van der Waals surface area contributed by atoms with E-state index in [1.165, 1.54) is 38.5 Å². The molecule has 1 amide bonds. The van der Waals surface area contributed by atoms with Crippen molar-refractivity contribution in [1.29, 1.82) is 0 Å². The van der Waals surface area contributed by atoms with Gasteiger partial charge < -0.3 is 4.90 Å². The number of amides is 1. The van der Waals surface area contributed by atoms with E-state index in [0.29, 0.717) is 30.0 Å². The van der Waals surface area contributed by atoms with Gasteiger partial charge in [0.2, 0.25) is 5.91 Å². The molecule has 3 aliphatic rings. The van der Waals surface area contributed by atoms with Gasteiger partial charge in [-0.1, -0.05) is 39.5 Å². The van der Waals surface area contributed by atoms with Crippen molar-refractivity contribution in [1.82, 2.24) is 10.2 Å². The molecule has 1 spiro atoms. The zero-order valence-corrected chi connectivity index (χ0v) is 14.0. The van der Waals surface area contributed by atoms with E-state index in [-0.39, 0.29) is 5.54 Å². The van der Waals surface area contributed by atoms with Crippen LogP contribution < -0.4 is 5.32 Å². The highest BCUT2D eigenvalue weighted by atomic mass is 16.2. The molecule has 2 atom stereocenters. The van der Waals surface area contributed by atoms with Crippen molar-refractivity contribution < 1.29 is 4.79 Å². The van der Waals surface area contributed by atoms with Crippen LogP contribution in [0.1, 0.15) is 78.6 Å². The Labute approximate surface area is 129 Å². The Balaban J connectivity index is 1.82. The highest BCUT2D eigenvalue weighted by Gasteiger charge is 2.55. The molecule has 1 heterocycles. The van der Waals surface area contributed by atoms with Crippen LogP contribution in [-0.2, 0) is 4.79 Å². The lowest BCUT2D eigenvalue weighted by molar-refractivity contribution is -0.135. The molecule has 3 fully saturated rings. The molecular weight excluding hydrogens is 260 g/mol. The molecule has 3 nitrogen and oxygen atoms in total. The maximum absolute atomic E-state index is 13.2. The average Bonchev–Trinajstić information content (AvgIpc) is 3.13. The van der Waals surface area contributed by atoms with Crippen LogP contribution in [0.4, 0.5) is 0 Å². The molecule has 2 saturated carbocycles. The quantitative estimate of drug-likeness (QED) is 0.857. The van der Waals surface area contributed by atoms with Crippen LogP contribution in [0.2, 0.25) is 0 Å². The van der Waals surface area contributed by atoms with Crippen molar-refractivity contribution in [3.05, 3.63) is 0 Å². The summed E-state index contributed by atoms with van der Waals surface area (Å²) in [7, 11) is 0. The van der Waals surface area contributed by atoms with E-state index in [9.17, 15) is 4.79 Å². The van der Waals surface area contributed by atoms with Gasteiger partial charge in [-0.2, -0.15) is 0 Å². The molecule has 0 aromatic rings. The highest BCUT2D eigenvalue weighted by Crippen LogP contribution is 2.42. The van der Waals surface area contributed by atoms with Gasteiger partial charge in [-0.05, 0) is 50.9 Å². The monoisotopic (exact) mass is 292 g/mol. The van der Waals surface area contributed by atoms with Crippen molar-refractivity contribution in [2.45, 2.75) is 96.3 Å². The minimum absolute atomic E-state index is 0.196. The van der Waals surface area contributed by atoms with Gasteiger partial charge in [-0.15, -0.1) is 0 Å². The molecule has 21 heavy (non-hydrogen) atoms. The molecule has 2 unspecified atom stereocenters. The highest BCUT2D eigenvalue weighted by molar-refractivity contribution is 5.89. The van der Waals surface area contributed by atoms with Crippen molar-refractivity contribution in [2.75, 3.05) is 0 Å². The third kappa shape index (κ3) is 2.74. The van der Waals surface area contributed by atoms with Gasteiger partial charge >= 0.3 is 0 Å². The molecule has 3 heteroatoms. The van der Waals surface area contributed by atoms with Crippen molar-refractivity contribution in [3.8, 4) is 0 Å². The second-order valence-corrected chi connectivity index (χ2v) is 8.11. The SMILES string of the molecule is CC(C)CC(C)N1C(=O)C2(CCCC2)NC1C1CCCC1. The number of nitrogens with zero attached hydrogens (tertiary/aromatic N) is 1. The third-order valence-corrected chi connectivity index (χ3v) is 5.96. The molecule has 0 aromatic carbocycles. The first-order valence-corrected chi connectivity index (χ1v) is 9.14. The summed E-state index contributed by atoms with van der Waals surface area (Å²) in [5, 5.41) is 3.84. The van der Waals surface area contributed by atoms with Crippen LogP contribution >= 0.6 is 0 Å². The molecular formula is C18H32N2O. The molecule has 2 aliphatic carbocycles. The maximum atomic E-state index is 13.2. The maximum Gasteiger partial charge on any atom is 0.244 e. The lowest BCUT2D eigenvalue weighted by atomic mass is 9.96. The number of hydrogen-bond acceptors (Lipinski definition) is 2. The molecule has 1 aliphatic heterocycles. The standard InChI is InChI=1S/C18H32N2O/c1-13(2)12-14(3)20-16(15-8-4-5-9-15)19-18(17(20)21)10-6-7-11-18/h13-16,19H,4-12H2,1-3H3. The van der Waals surface area contributed by atoms with Crippen LogP contribution in [0, 0.1) is 11.8 Å². The van der Waals surface area contributed by atoms with Gasteiger partial charge in [0.15, 0.2) is 0 Å². The number of carbonyl (C=O) groups excluding carboxylic acids is 1. The Morgan fingerprint density at radius 3 is 2.33 bits per heavy atom. The van der Waals surface area contributed by atoms with Crippen LogP contribution in [0.25, 0.3) is 0 Å². The van der Waals surface area contributed by atoms with E-state index in [1.54, 1.807) is 0 Å². The number of carbonyl (C=O) groups is 1. The molecule has 120 valence electrons. The van der Waals surface area contributed by atoms with E-state index >= 15 is 0 Å². The summed E-state index contributed by atoms with van der Waals surface area (Å²) in [6.07, 6.45) is 11.2. The van der Waals surface area contributed by atoms with Gasteiger partial charge in [-0.3, -0.25) is 10.1 Å². The van der Waals surface area contributed by atoms with Crippen molar-refractivity contribution in [2.24, 2.45) is 11.8 Å². The number of nitrogens with one attached hydrogen (secondary N) is 1. The summed E-state index contributed by atoms with van der Waals surface area (Å²) in [5.74, 6) is 1.76. The zero-order valence-electron chi connectivity index (χ0n) is 14.0. The van der Waals surface area contributed by atoms with E-state index in [4.69, 9.17) is 0 Å². The summed E-state index contributed by atoms with van der Waals surface area (Å²) in [5.41, 5.74) is -0.196. The van der Waals surface area contributed by atoms with Crippen LogP contribution in [0.3, 0.4) is 0 Å². The summed E-state index contributed by atoms with van der Waals surface area (Å²) >= 11 is 0. The first kappa shape index (κ1) is 15.3. The summed E-state index contributed by atoms with van der Waals surface area (Å²) in [6.45, 7) is 6.79. The predicted octanol–water partition coefficient (Wildman–Crippen LogP) is 3.68. The molecule has 0 bridgehead atoms. The predicted molar refractivity (Wildman–Crippen MR) is 85.8 cm³/mol. The second-order valence-electron chi connectivity index (χ2n) is 8.11. The Morgan fingerprint density at radius 1 is 1.14 bits per heavy atom. The van der Waals surface area contributed by atoms with Crippen LogP contribution in [-0.4, -0.2) is 28.6 Å². The fraction of sp³-hybridized carbons (Fsp3) is 0.944. The van der Waals surface area contributed by atoms with Crippen LogP contribution in [0.15, 0.2) is 0 Å². The summed E-state index contributed by atoms with van der Waals surface area (Å²) < 4.78 is 0. The van der Waals surface area contributed by atoms with Gasteiger partial charge in [0, 0.05) is 6.04 Å². The summed E-state index contributed by atoms with van der Waals surface area (Å²) in [6, 6.07) is 0.371. The Kier molecular flexibility index (Phi) is 4.31. The Hall–Kier alpha value is -0.570. The normalized spacial score (nSPS) is 31.0. The van der Waals surface area contributed by atoms with Crippen molar-refractivity contribution in [3.63, 3.8) is 0 Å². The van der Waals surface area contributed by atoms with Gasteiger partial charge in [0.1, 0.15) is 0 Å². The molecule has 0 aromatic heterocycles. The smallest absolute Gasteiger partial charge is 0.244 e. The lowest BCUT2D eigenvalue weighted by Gasteiger charge is -2.34. The van der Waals surface area contributed by atoms with E-state index in [0.717, 1.165) is 19.3 Å². The second kappa shape index (κ2) is 5.91. The van der Waals surface area contributed by atoms with E-state index < -0.39 is 0 Å². The molecule has 1 N–H and O–H groups in total. The first-order valence-electron chi connectivity index (χ1n) is 9.14. The van der Waals surface area contributed by atoms with E-state index in [1.807, 2.05) is 0 Å². The van der Waals surface area contributed by atoms with Gasteiger partial charge in [-0.25, -0.2) is 0 Å². The topological polar surface area (TPSA) is 32.3 Å². The fourth-order valence-corrected chi connectivity index (χ4v) is 5.01. The fourth-order valence-electron chi connectivity index (χ4n) is 5.01. The zero-order chi connectivity index (χ0) is 15.0. The van der Waals surface area contributed by atoms with Crippen molar-refractivity contribution >= 4 is 5.91 Å². The van der Waals surface area contributed by atoms with Gasteiger partial charge in [0.25, 0.3) is 0 Å². The minimum Gasteiger partial charge on any atom is -0.323 e. The summed E-state index contributed by atoms with van der Waals surface area (Å²) in [4.78, 5) is 15.4. The largest absolute Gasteiger partial charge is 0.323 e.